The van der Waals surface area contributed by atoms with Crippen molar-refractivity contribution in [3.05, 3.63) is 23.7 Å². The van der Waals surface area contributed by atoms with Crippen LogP contribution in [0.2, 0.25) is 0 Å². The van der Waals surface area contributed by atoms with Crippen molar-refractivity contribution in [2.45, 2.75) is 51.7 Å². The molecular weight excluding hydrogens is 176 g/mol. The SMILES string of the molecule is C[C@@H]1CCC=C(C2=CCC[C@@H](C)O2)O1. The summed E-state index contributed by atoms with van der Waals surface area (Å²) in [5.74, 6) is 1.91. The van der Waals surface area contributed by atoms with Crippen LogP contribution in [0, 0.1) is 0 Å². The minimum absolute atomic E-state index is 0.330. The third-order valence-electron chi connectivity index (χ3n) is 2.71. The molecule has 0 saturated carbocycles. The maximum Gasteiger partial charge on any atom is 0.157 e. The maximum atomic E-state index is 5.74. The van der Waals surface area contributed by atoms with Gasteiger partial charge in [-0.25, -0.2) is 0 Å². The molecule has 14 heavy (non-hydrogen) atoms. The van der Waals surface area contributed by atoms with E-state index in [0.29, 0.717) is 12.2 Å². The fourth-order valence-electron chi connectivity index (χ4n) is 1.86. The molecule has 2 rings (SSSR count). The molecule has 0 amide bonds. The van der Waals surface area contributed by atoms with Crippen molar-refractivity contribution in [2.75, 3.05) is 0 Å². The van der Waals surface area contributed by atoms with Gasteiger partial charge in [-0.2, -0.15) is 0 Å². The summed E-state index contributed by atoms with van der Waals surface area (Å²) in [7, 11) is 0. The van der Waals surface area contributed by atoms with Crippen molar-refractivity contribution in [3.8, 4) is 0 Å². The zero-order chi connectivity index (χ0) is 9.97. The van der Waals surface area contributed by atoms with Gasteiger partial charge in [-0.15, -0.1) is 0 Å². The summed E-state index contributed by atoms with van der Waals surface area (Å²) in [5, 5.41) is 0. The number of hydrogen-bond acceptors (Lipinski definition) is 2. The van der Waals surface area contributed by atoms with Crippen molar-refractivity contribution in [1.82, 2.24) is 0 Å². The van der Waals surface area contributed by atoms with Gasteiger partial charge in [0.1, 0.15) is 0 Å². The lowest BCUT2D eigenvalue weighted by molar-refractivity contribution is 0.0570. The number of ether oxygens (including phenoxy) is 2. The highest BCUT2D eigenvalue weighted by atomic mass is 16.5. The van der Waals surface area contributed by atoms with Crippen molar-refractivity contribution in [2.24, 2.45) is 0 Å². The Hall–Kier alpha value is -0.920. The molecule has 2 nitrogen and oxygen atoms in total. The molecule has 2 aliphatic heterocycles. The second-order valence-corrected chi connectivity index (χ2v) is 4.15. The standard InChI is InChI=1S/C12H18O2/c1-9-5-3-7-11(13-9)12-8-4-6-10(2)14-12/h7-10H,3-6H2,1-2H3/t9-,10-/m1/s1. The van der Waals surface area contributed by atoms with Gasteiger partial charge in [-0.1, -0.05) is 0 Å². The van der Waals surface area contributed by atoms with Crippen molar-refractivity contribution in [3.63, 3.8) is 0 Å². The molecule has 0 aromatic heterocycles. The molecule has 0 bridgehead atoms. The molecule has 0 aliphatic carbocycles. The first-order valence-corrected chi connectivity index (χ1v) is 5.49. The summed E-state index contributed by atoms with van der Waals surface area (Å²) in [4.78, 5) is 0. The topological polar surface area (TPSA) is 18.5 Å². The molecule has 78 valence electrons. The Bertz CT molecular complexity index is 237. The summed E-state index contributed by atoms with van der Waals surface area (Å²) in [5.41, 5.74) is 0. The minimum atomic E-state index is 0.330. The van der Waals surface area contributed by atoms with Crippen LogP contribution in [-0.4, -0.2) is 12.2 Å². The molecule has 0 spiro atoms. The third-order valence-corrected chi connectivity index (χ3v) is 2.71. The van der Waals surface area contributed by atoms with Gasteiger partial charge in [0.15, 0.2) is 11.5 Å². The molecule has 0 fully saturated rings. The fraction of sp³-hybridized carbons (Fsp3) is 0.667. The summed E-state index contributed by atoms with van der Waals surface area (Å²) in [6.45, 7) is 4.22. The molecule has 2 atom stereocenters. The van der Waals surface area contributed by atoms with E-state index in [0.717, 1.165) is 37.2 Å². The molecule has 0 aromatic carbocycles. The normalized spacial score (nSPS) is 32.4. The summed E-state index contributed by atoms with van der Waals surface area (Å²) in [6.07, 6.45) is 9.39. The van der Waals surface area contributed by atoms with Crippen LogP contribution in [0.3, 0.4) is 0 Å². The molecule has 2 aliphatic rings. The molecule has 0 N–H and O–H groups in total. The smallest absolute Gasteiger partial charge is 0.157 e. The van der Waals surface area contributed by atoms with Crippen LogP contribution >= 0.6 is 0 Å². The Kier molecular flexibility index (Phi) is 2.80. The fourth-order valence-corrected chi connectivity index (χ4v) is 1.86. The van der Waals surface area contributed by atoms with Crippen LogP contribution in [0.4, 0.5) is 0 Å². The second-order valence-electron chi connectivity index (χ2n) is 4.15. The molecule has 2 heterocycles. The average Bonchev–Trinajstić information content (AvgIpc) is 2.18. The van der Waals surface area contributed by atoms with E-state index in [9.17, 15) is 0 Å². The Morgan fingerprint density at radius 3 is 1.71 bits per heavy atom. The van der Waals surface area contributed by atoms with E-state index < -0.39 is 0 Å². The van der Waals surface area contributed by atoms with E-state index in [1.54, 1.807) is 0 Å². The number of rotatable bonds is 1. The first-order valence-electron chi connectivity index (χ1n) is 5.49. The van der Waals surface area contributed by atoms with Crippen molar-refractivity contribution < 1.29 is 9.47 Å². The largest absolute Gasteiger partial charge is 0.487 e. The Balaban J connectivity index is 2.07. The lowest BCUT2D eigenvalue weighted by Crippen LogP contribution is -2.19. The van der Waals surface area contributed by atoms with Gasteiger partial charge in [0, 0.05) is 0 Å². The Morgan fingerprint density at radius 1 is 0.929 bits per heavy atom. The van der Waals surface area contributed by atoms with Gasteiger partial charge in [0.25, 0.3) is 0 Å². The zero-order valence-electron chi connectivity index (χ0n) is 8.95. The zero-order valence-corrected chi connectivity index (χ0v) is 8.95. The van der Waals surface area contributed by atoms with Crippen LogP contribution in [-0.2, 0) is 9.47 Å². The first kappa shape index (κ1) is 9.63. The van der Waals surface area contributed by atoms with Crippen LogP contribution < -0.4 is 0 Å². The average molecular weight is 194 g/mol. The highest BCUT2D eigenvalue weighted by Crippen LogP contribution is 2.27. The molecule has 0 radical (unpaired) electrons. The lowest BCUT2D eigenvalue weighted by atomic mass is 10.1. The van der Waals surface area contributed by atoms with Gasteiger partial charge < -0.3 is 9.47 Å². The second kappa shape index (κ2) is 4.07. The predicted molar refractivity (Wildman–Crippen MR) is 55.7 cm³/mol. The molecule has 0 unspecified atom stereocenters. The highest BCUT2D eigenvalue weighted by Gasteiger charge is 2.20. The summed E-state index contributed by atoms with van der Waals surface area (Å²) >= 11 is 0. The molecular formula is C12H18O2. The molecule has 2 heteroatoms. The maximum absolute atomic E-state index is 5.74. The van der Waals surface area contributed by atoms with Gasteiger partial charge in [-0.05, 0) is 51.7 Å². The van der Waals surface area contributed by atoms with E-state index >= 15 is 0 Å². The summed E-state index contributed by atoms with van der Waals surface area (Å²) in [6, 6.07) is 0. The quantitative estimate of drug-likeness (QED) is 0.638. The van der Waals surface area contributed by atoms with E-state index in [1.807, 2.05) is 0 Å². The summed E-state index contributed by atoms with van der Waals surface area (Å²) < 4.78 is 11.5. The van der Waals surface area contributed by atoms with Crippen molar-refractivity contribution in [1.29, 1.82) is 0 Å². The predicted octanol–water partition coefficient (Wildman–Crippen LogP) is 3.15. The molecule has 0 saturated heterocycles. The van der Waals surface area contributed by atoms with Crippen LogP contribution in [0.25, 0.3) is 0 Å². The van der Waals surface area contributed by atoms with E-state index in [-0.39, 0.29) is 0 Å². The van der Waals surface area contributed by atoms with Crippen molar-refractivity contribution >= 4 is 0 Å². The van der Waals surface area contributed by atoms with E-state index in [1.165, 1.54) is 0 Å². The molecule has 0 aromatic rings. The highest BCUT2D eigenvalue weighted by molar-refractivity contribution is 5.23. The Labute approximate surface area is 85.6 Å². The van der Waals surface area contributed by atoms with Gasteiger partial charge in [0.05, 0.1) is 12.2 Å². The third kappa shape index (κ3) is 2.11. The van der Waals surface area contributed by atoms with Crippen LogP contribution in [0.1, 0.15) is 39.5 Å². The van der Waals surface area contributed by atoms with E-state index in [4.69, 9.17) is 9.47 Å². The van der Waals surface area contributed by atoms with Crippen LogP contribution in [0.5, 0.6) is 0 Å². The first-order chi connectivity index (χ1) is 6.75. The minimum Gasteiger partial charge on any atom is -0.487 e. The lowest BCUT2D eigenvalue weighted by Gasteiger charge is -2.27. The monoisotopic (exact) mass is 194 g/mol. The Morgan fingerprint density at radius 2 is 1.36 bits per heavy atom. The number of allylic oxidation sites excluding steroid dienone is 2. The van der Waals surface area contributed by atoms with Crippen LogP contribution in [0.15, 0.2) is 23.7 Å². The van der Waals surface area contributed by atoms with Gasteiger partial charge >= 0.3 is 0 Å². The van der Waals surface area contributed by atoms with Gasteiger partial charge in [0.2, 0.25) is 0 Å². The number of hydrogen-bond donors (Lipinski definition) is 0. The van der Waals surface area contributed by atoms with E-state index in [2.05, 4.69) is 26.0 Å². The van der Waals surface area contributed by atoms with Gasteiger partial charge in [-0.3, -0.25) is 0 Å².